The second-order valence-electron chi connectivity index (χ2n) is 27.4. The Balaban J connectivity index is 5.36. The molecule has 19 heteroatoms. The first kappa shape index (κ1) is 96.8. The highest BCUT2D eigenvalue weighted by Crippen LogP contribution is 2.45. The molecule has 0 saturated heterocycles. The number of ether oxygens (including phenoxy) is 4. The van der Waals surface area contributed by atoms with E-state index in [0.29, 0.717) is 25.7 Å². The van der Waals surface area contributed by atoms with Crippen LogP contribution >= 0.6 is 15.6 Å². The molecule has 100 heavy (non-hydrogen) atoms. The first-order valence-corrected chi connectivity index (χ1v) is 43.5. The Bertz CT molecular complexity index is 2130. The normalized spacial score (nSPS) is 14.2. The van der Waals surface area contributed by atoms with E-state index in [9.17, 15) is 43.2 Å². The van der Waals surface area contributed by atoms with Crippen LogP contribution in [0.3, 0.4) is 0 Å². The third kappa shape index (κ3) is 73.1. The molecule has 17 nitrogen and oxygen atoms in total. The zero-order valence-corrected chi connectivity index (χ0v) is 65.7. The molecule has 0 spiro atoms. The minimum atomic E-state index is -4.98. The second kappa shape index (κ2) is 74.0. The van der Waals surface area contributed by atoms with Crippen molar-refractivity contribution in [3.8, 4) is 0 Å². The topological polar surface area (TPSA) is 237 Å². The minimum Gasteiger partial charge on any atom is -0.462 e. The number of allylic oxidation sites excluding steroid dienone is 10. The van der Waals surface area contributed by atoms with Gasteiger partial charge in [-0.25, -0.2) is 9.13 Å². The van der Waals surface area contributed by atoms with Crippen molar-refractivity contribution >= 4 is 39.5 Å². The summed E-state index contributed by atoms with van der Waals surface area (Å²) < 4.78 is 68.6. The summed E-state index contributed by atoms with van der Waals surface area (Å²) in [6.45, 7) is 4.86. The number of phosphoric ester groups is 2. The zero-order valence-electron chi connectivity index (χ0n) is 63.9. The van der Waals surface area contributed by atoms with E-state index in [1.54, 1.807) is 0 Å². The van der Waals surface area contributed by atoms with Gasteiger partial charge in [-0.2, -0.15) is 0 Å². The number of unbranched alkanes of at least 4 members (excludes halogenated alkanes) is 42. The van der Waals surface area contributed by atoms with E-state index in [2.05, 4.69) is 88.5 Å². The number of aliphatic hydroxyl groups excluding tert-OH is 1. The fraction of sp³-hybridized carbons (Fsp3) is 0.827. The molecule has 0 heterocycles. The number of hydrogen-bond acceptors (Lipinski definition) is 15. The van der Waals surface area contributed by atoms with Crippen molar-refractivity contribution in [2.75, 3.05) is 39.6 Å². The van der Waals surface area contributed by atoms with Crippen LogP contribution in [-0.4, -0.2) is 96.7 Å². The fourth-order valence-electron chi connectivity index (χ4n) is 11.2. The Labute approximate surface area is 610 Å². The van der Waals surface area contributed by atoms with Gasteiger partial charge in [-0.3, -0.25) is 37.3 Å². The molecule has 0 aromatic carbocycles. The molecular formula is C81H148O17P2. The van der Waals surface area contributed by atoms with Gasteiger partial charge in [-0.05, 0) is 128 Å². The van der Waals surface area contributed by atoms with Crippen LogP contribution in [0.15, 0.2) is 60.8 Å². The second-order valence-corrected chi connectivity index (χ2v) is 30.3. The molecule has 5 atom stereocenters. The Morgan fingerprint density at radius 3 is 0.760 bits per heavy atom. The highest BCUT2D eigenvalue weighted by Gasteiger charge is 2.30. The maximum Gasteiger partial charge on any atom is 0.472 e. The van der Waals surface area contributed by atoms with Crippen molar-refractivity contribution in [1.82, 2.24) is 0 Å². The molecule has 3 N–H and O–H groups in total. The van der Waals surface area contributed by atoms with Crippen LogP contribution in [0.5, 0.6) is 0 Å². The summed E-state index contributed by atoms with van der Waals surface area (Å²) in [5, 5.41) is 10.6. The molecular weight excluding hydrogens is 1310 g/mol. The molecule has 0 aliphatic heterocycles. The van der Waals surface area contributed by atoms with Crippen LogP contribution in [0.4, 0.5) is 0 Å². The summed E-state index contributed by atoms with van der Waals surface area (Å²) >= 11 is 0. The van der Waals surface area contributed by atoms with Crippen molar-refractivity contribution in [2.24, 2.45) is 0 Å². The SMILES string of the molecule is CCCCCC/C=C\C=C/CCCCCCCC(=O)OC[C@H](COP(=O)(O)OC[C@@H](O)COP(=O)(O)OC[C@@H](COC(=O)CCCCCCC/C=C\CCCCCCCC)OC(=O)CCCCCCC/C=C\CCCCCCCC)OC(=O)CCCCCCC/C=C\CCCCCCCC. The van der Waals surface area contributed by atoms with E-state index in [0.717, 1.165) is 154 Å². The first-order chi connectivity index (χ1) is 48.7. The van der Waals surface area contributed by atoms with Gasteiger partial charge in [0.1, 0.15) is 19.3 Å². The molecule has 0 rings (SSSR count). The molecule has 2 unspecified atom stereocenters. The first-order valence-electron chi connectivity index (χ1n) is 40.5. The number of carbonyl (C=O) groups excluding carboxylic acids is 4. The lowest BCUT2D eigenvalue weighted by Crippen LogP contribution is -2.30. The predicted octanol–water partition coefficient (Wildman–Crippen LogP) is 23.5. The van der Waals surface area contributed by atoms with Crippen LogP contribution in [0.25, 0.3) is 0 Å². The molecule has 0 aromatic heterocycles. The molecule has 0 aromatic rings. The van der Waals surface area contributed by atoms with Gasteiger partial charge in [-0.1, -0.05) is 281 Å². The summed E-state index contributed by atoms with van der Waals surface area (Å²) in [6, 6.07) is 0. The van der Waals surface area contributed by atoms with Crippen molar-refractivity contribution in [2.45, 2.75) is 393 Å². The van der Waals surface area contributed by atoms with Crippen molar-refractivity contribution in [3.05, 3.63) is 60.8 Å². The number of esters is 4. The van der Waals surface area contributed by atoms with E-state index in [-0.39, 0.29) is 25.7 Å². The van der Waals surface area contributed by atoms with E-state index in [4.69, 9.17) is 37.0 Å². The largest absolute Gasteiger partial charge is 0.472 e. The molecule has 0 radical (unpaired) electrons. The molecule has 0 bridgehead atoms. The van der Waals surface area contributed by atoms with Crippen LogP contribution in [-0.2, 0) is 65.4 Å². The third-order valence-corrected chi connectivity index (χ3v) is 19.4. The Hall–Kier alpha value is -3.24. The molecule has 0 amide bonds. The number of hydrogen-bond donors (Lipinski definition) is 3. The molecule has 0 saturated carbocycles. The monoisotopic (exact) mass is 1460 g/mol. The van der Waals surface area contributed by atoms with Gasteiger partial charge in [0, 0.05) is 25.7 Å². The third-order valence-electron chi connectivity index (χ3n) is 17.5. The Morgan fingerprint density at radius 2 is 0.490 bits per heavy atom. The van der Waals surface area contributed by atoms with Gasteiger partial charge in [0.05, 0.1) is 26.4 Å². The maximum atomic E-state index is 13.1. The Kier molecular flexibility index (Phi) is 71.6. The smallest absolute Gasteiger partial charge is 0.462 e. The predicted molar refractivity (Wildman–Crippen MR) is 409 cm³/mol. The highest BCUT2D eigenvalue weighted by atomic mass is 31.2. The molecule has 0 aliphatic carbocycles. The fourth-order valence-corrected chi connectivity index (χ4v) is 12.8. The molecule has 584 valence electrons. The highest BCUT2D eigenvalue weighted by molar-refractivity contribution is 7.47. The van der Waals surface area contributed by atoms with Gasteiger partial charge < -0.3 is 33.8 Å². The van der Waals surface area contributed by atoms with Crippen LogP contribution in [0.2, 0.25) is 0 Å². The van der Waals surface area contributed by atoms with E-state index in [1.165, 1.54) is 141 Å². The summed E-state index contributed by atoms with van der Waals surface area (Å²) in [5.41, 5.74) is 0. The summed E-state index contributed by atoms with van der Waals surface area (Å²) in [6.07, 6.45) is 73.3. The van der Waals surface area contributed by atoms with Crippen LogP contribution in [0.1, 0.15) is 374 Å². The minimum absolute atomic E-state index is 0.0851. The number of rotatable bonds is 77. The van der Waals surface area contributed by atoms with Gasteiger partial charge in [0.2, 0.25) is 0 Å². The van der Waals surface area contributed by atoms with Crippen molar-refractivity contribution in [1.29, 1.82) is 0 Å². The van der Waals surface area contributed by atoms with Crippen LogP contribution in [0, 0.1) is 0 Å². The molecule has 0 aliphatic rings. The van der Waals surface area contributed by atoms with Gasteiger partial charge in [0.15, 0.2) is 12.2 Å². The average molecular weight is 1460 g/mol. The maximum absolute atomic E-state index is 13.1. The number of phosphoric acid groups is 2. The van der Waals surface area contributed by atoms with Gasteiger partial charge in [-0.15, -0.1) is 0 Å². The molecule has 0 fully saturated rings. The quantitative estimate of drug-likeness (QED) is 0.0128. The Morgan fingerprint density at radius 1 is 0.280 bits per heavy atom. The lowest BCUT2D eigenvalue weighted by molar-refractivity contribution is -0.161. The van der Waals surface area contributed by atoms with Crippen LogP contribution < -0.4 is 0 Å². The lowest BCUT2D eigenvalue weighted by atomic mass is 10.1. The zero-order chi connectivity index (χ0) is 73.2. The lowest BCUT2D eigenvalue weighted by Gasteiger charge is -2.21. The van der Waals surface area contributed by atoms with Crippen molar-refractivity contribution < 1.29 is 80.2 Å². The van der Waals surface area contributed by atoms with Gasteiger partial charge in [0.25, 0.3) is 0 Å². The summed E-state index contributed by atoms with van der Waals surface area (Å²) in [5.74, 6) is -2.19. The summed E-state index contributed by atoms with van der Waals surface area (Å²) in [7, 11) is -9.95. The summed E-state index contributed by atoms with van der Waals surface area (Å²) in [4.78, 5) is 73.0. The van der Waals surface area contributed by atoms with E-state index >= 15 is 0 Å². The average Bonchev–Trinajstić information content (AvgIpc) is 1.01. The standard InChI is InChI=1S/C81H148O17P2/c1-5-9-13-17-21-25-29-33-37-41-45-49-53-57-61-65-78(83)91-71-76(97-80(85)67-63-59-55-51-47-43-39-35-31-27-23-19-15-11-7-3)73-95-99(87,88)93-69-75(82)70-94-100(89,90)96-74-77(98-81(86)68-64-60-56-52-48-44-40-36-32-28-24-20-16-12-8-4)72-92-79(84)66-62-58-54-50-46-42-38-34-30-26-22-18-14-10-6-2/h25,29,33-40,75-77,82H,5-24,26-28,30-32,41-74H2,1-4H3,(H,87,88)(H,89,90)/b29-25-,37-33-,38-34-,39-35-,40-36-/t75-,76-,77-/m1/s1. The van der Waals surface area contributed by atoms with Crippen molar-refractivity contribution in [3.63, 3.8) is 0 Å². The number of carbonyl (C=O) groups is 4. The van der Waals surface area contributed by atoms with E-state index in [1.807, 2.05) is 0 Å². The number of aliphatic hydroxyl groups is 1. The van der Waals surface area contributed by atoms with E-state index < -0.39 is 97.5 Å². The van der Waals surface area contributed by atoms with Gasteiger partial charge >= 0.3 is 39.5 Å².